The van der Waals surface area contributed by atoms with Crippen LogP contribution in [0.15, 0.2) is 42.1 Å². The molecule has 0 bridgehead atoms. The van der Waals surface area contributed by atoms with Crippen LogP contribution in [0.2, 0.25) is 0 Å². The number of benzene rings is 1. The van der Waals surface area contributed by atoms with E-state index >= 15 is 0 Å². The Labute approximate surface area is 106 Å². The topological polar surface area (TPSA) is 82.4 Å². The normalized spacial score (nSPS) is 11.0. The molecule has 0 radical (unpaired) electrons. The molecule has 5 nitrogen and oxygen atoms in total. The van der Waals surface area contributed by atoms with Crippen LogP contribution in [0.25, 0.3) is 0 Å². The summed E-state index contributed by atoms with van der Waals surface area (Å²) in [6, 6.07) is 9.74. The molecule has 0 heterocycles. The Hall–Kier alpha value is -2.14. The van der Waals surface area contributed by atoms with Crippen molar-refractivity contribution in [1.82, 2.24) is 5.32 Å². The van der Waals surface area contributed by atoms with Gasteiger partial charge in [-0.2, -0.15) is 0 Å². The summed E-state index contributed by atoms with van der Waals surface area (Å²) in [6.45, 7) is 1.29. The number of hydrogen-bond donors (Lipinski definition) is 3. The fourth-order valence-electron chi connectivity index (χ4n) is 1.31. The SMILES string of the molecule is N=C/C=C(\NCCOCc1ccccc1)C(=O)O. The van der Waals surface area contributed by atoms with Gasteiger partial charge in [-0.15, -0.1) is 0 Å². The minimum atomic E-state index is -1.08. The van der Waals surface area contributed by atoms with Gasteiger partial charge in [0, 0.05) is 12.8 Å². The molecule has 5 heteroatoms. The van der Waals surface area contributed by atoms with Crippen molar-refractivity contribution in [3.05, 3.63) is 47.7 Å². The van der Waals surface area contributed by atoms with Crippen LogP contribution in [0.4, 0.5) is 0 Å². The Bertz CT molecular complexity index is 416. The van der Waals surface area contributed by atoms with E-state index in [4.69, 9.17) is 15.3 Å². The molecule has 96 valence electrons. The first-order valence-electron chi connectivity index (χ1n) is 5.53. The van der Waals surface area contributed by atoms with Gasteiger partial charge in [-0.25, -0.2) is 4.79 Å². The summed E-state index contributed by atoms with van der Waals surface area (Å²) < 4.78 is 5.39. The molecule has 0 amide bonds. The van der Waals surface area contributed by atoms with Crippen LogP contribution in [0.3, 0.4) is 0 Å². The number of rotatable bonds is 8. The summed E-state index contributed by atoms with van der Waals surface area (Å²) >= 11 is 0. The monoisotopic (exact) mass is 248 g/mol. The van der Waals surface area contributed by atoms with Crippen LogP contribution < -0.4 is 5.32 Å². The minimum Gasteiger partial charge on any atom is -0.477 e. The molecule has 0 aliphatic carbocycles. The van der Waals surface area contributed by atoms with Crippen molar-refractivity contribution >= 4 is 12.2 Å². The third kappa shape index (κ3) is 5.27. The second-order valence-electron chi connectivity index (χ2n) is 3.52. The van der Waals surface area contributed by atoms with Gasteiger partial charge in [-0.1, -0.05) is 30.3 Å². The van der Waals surface area contributed by atoms with Crippen molar-refractivity contribution in [1.29, 1.82) is 5.41 Å². The molecule has 0 unspecified atom stereocenters. The molecule has 0 aliphatic heterocycles. The Morgan fingerprint density at radius 2 is 2.11 bits per heavy atom. The van der Waals surface area contributed by atoms with E-state index in [-0.39, 0.29) is 5.70 Å². The number of aliphatic carboxylic acids is 1. The fraction of sp³-hybridized carbons (Fsp3) is 0.231. The Balaban J connectivity index is 2.21. The van der Waals surface area contributed by atoms with Gasteiger partial charge in [0.2, 0.25) is 0 Å². The summed E-state index contributed by atoms with van der Waals surface area (Å²) in [5, 5.41) is 18.3. The smallest absolute Gasteiger partial charge is 0.352 e. The van der Waals surface area contributed by atoms with Gasteiger partial charge in [0.1, 0.15) is 5.70 Å². The van der Waals surface area contributed by atoms with Crippen molar-refractivity contribution in [3.63, 3.8) is 0 Å². The van der Waals surface area contributed by atoms with Gasteiger partial charge in [0.05, 0.1) is 13.2 Å². The molecule has 0 saturated heterocycles. The maximum atomic E-state index is 10.7. The Kier molecular flexibility index (Phi) is 6.21. The molecule has 0 aromatic heterocycles. The minimum absolute atomic E-state index is 0.00619. The first kappa shape index (κ1) is 13.9. The van der Waals surface area contributed by atoms with Gasteiger partial charge in [0.15, 0.2) is 0 Å². The molecule has 1 aromatic rings. The van der Waals surface area contributed by atoms with E-state index in [1.54, 1.807) is 0 Å². The molecular formula is C13H16N2O3. The second-order valence-corrected chi connectivity index (χ2v) is 3.52. The van der Waals surface area contributed by atoms with Crippen LogP contribution in [-0.2, 0) is 16.1 Å². The van der Waals surface area contributed by atoms with Crippen molar-refractivity contribution < 1.29 is 14.6 Å². The number of nitrogens with one attached hydrogen (secondary N) is 2. The average Bonchev–Trinajstić information content (AvgIpc) is 2.38. The summed E-state index contributed by atoms with van der Waals surface area (Å²) in [6.07, 6.45) is 2.13. The average molecular weight is 248 g/mol. The molecule has 0 aliphatic rings. The number of carboxylic acids is 1. The molecule has 1 aromatic carbocycles. The molecule has 18 heavy (non-hydrogen) atoms. The number of carbonyl (C=O) groups is 1. The zero-order valence-electron chi connectivity index (χ0n) is 9.93. The van der Waals surface area contributed by atoms with Gasteiger partial charge < -0.3 is 20.6 Å². The lowest BCUT2D eigenvalue weighted by atomic mass is 10.2. The van der Waals surface area contributed by atoms with E-state index in [9.17, 15) is 4.79 Å². The van der Waals surface area contributed by atoms with E-state index in [0.717, 1.165) is 11.8 Å². The van der Waals surface area contributed by atoms with Gasteiger partial charge in [0.25, 0.3) is 0 Å². The predicted octanol–water partition coefficient (Wildman–Crippen LogP) is 1.41. The Morgan fingerprint density at radius 1 is 1.39 bits per heavy atom. The molecular weight excluding hydrogens is 232 g/mol. The highest BCUT2D eigenvalue weighted by atomic mass is 16.5. The van der Waals surface area contributed by atoms with Crippen molar-refractivity contribution in [3.8, 4) is 0 Å². The first-order valence-corrected chi connectivity index (χ1v) is 5.53. The third-order valence-corrected chi connectivity index (χ3v) is 2.15. The van der Waals surface area contributed by atoms with E-state index < -0.39 is 5.97 Å². The zero-order valence-corrected chi connectivity index (χ0v) is 9.93. The predicted molar refractivity (Wildman–Crippen MR) is 68.6 cm³/mol. The van der Waals surface area contributed by atoms with Crippen LogP contribution in [-0.4, -0.2) is 30.4 Å². The van der Waals surface area contributed by atoms with Gasteiger partial charge in [-0.05, 0) is 11.6 Å². The van der Waals surface area contributed by atoms with Gasteiger partial charge >= 0.3 is 5.97 Å². The van der Waals surface area contributed by atoms with E-state index in [2.05, 4.69) is 5.32 Å². The highest BCUT2D eigenvalue weighted by Gasteiger charge is 2.04. The first-order chi connectivity index (χ1) is 8.74. The largest absolute Gasteiger partial charge is 0.477 e. The number of allylic oxidation sites excluding steroid dienone is 1. The number of carboxylic acid groups (broad SMARTS) is 1. The van der Waals surface area contributed by atoms with Crippen LogP contribution in [0, 0.1) is 5.41 Å². The van der Waals surface area contributed by atoms with Crippen LogP contribution in [0.5, 0.6) is 0 Å². The maximum Gasteiger partial charge on any atom is 0.352 e. The third-order valence-electron chi connectivity index (χ3n) is 2.15. The molecule has 0 atom stereocenters. The molecule has 0 fully saturated rings. The van der Waals surface area contributed by atoms with Gasteiger partial charge in [-0.3, -0.25) is 0 Å². The lowest BCUT2D eigenvalue weighted by Gasteiger charge is -2.07. The summed E-state index contributed by atoms with van der Waals surface area (Å²) in [5.41, 5.74) is 1.07. The van der Waals surface area contributed by atoms with E-state index in [1.165, 1.54) is 6.08 Å². The van der Waals surface area contributed by atoms with Crippen LogP contribution in [0.1, 0.15) is 5.56 Å². The summed E-state index contributed by atoms with van der Waals surface area (Å²) in [7, 11) is 0. The summed E-state index contributed by atoms with van der Waals surface area (Å²) in [4.78, 5) is 10.7. The number of ether oxygens (including phenoxy) is 1. The van der Waals surface area contributed by atoms with Crippen molar-refractivity contribution in [2.24, 2.45) is 0 Å². The second kappa shape index (κ2) is 8.03. The fourth-order valence-corrected chi connectivity index (χ4v) is 1.31. The lowest BCUT2D eigenvalue weighted by molar-refractivity contribution is -0.133. The quantitative estimate of drug-likeness (QED) is 0.369. The van der Waals surface area contributed by atoms with E-state index in [0.29, 0.717) is 19.8 Å². The standard InChI is InChI=1S/C13H16N2O3/c14-7-6-12(13(16)17)15-8-9-18-10-11-4-2-1-3-5-11/h1-7,14-15H,8-10H2,(H,16,17)/b12-6-,14-7?. The Morgan fingerprint density at radius 3 is 2.72 bits per heavy atom. The van der Waals surface area contributed by atoms with E-state index in [1.807, 2.05) is 30.3 Å². The zero-order chi connectivity index (χ0) is 13.2. The maximum absolute atomic E-state index is 10.7. The van der Waals surface area contributed by atoms with Crippen molar-refractivity contribution in [2.45, 2.75) is 6.61 Å². The number of hydrogen-bond acceptors (Lipinski definition) is 4. The van der Waals surface area contributed by atoms with Crippen molar-refractivity contribution in [2.75, 3.05) is 13.2 Å². The molecule has 0 saturated carbocycles. The van der Waals surface area contributed by atoms with Crippen LogP contribution >= 0.6 is 0 Å². The molecule has 1 rings (SSSR count). The highest BCUT2D eigenvalue weighted by Crippen LogP contribution is 1.99. The summed E-state index contributed by atoms with van der Waals surface area (Å²) in [5.74, 6) is -1.08. The highest BCUT2D eigenvalue weighted by molar-refractivity contribution is 5.90. The molecule has 3 N–H and O–H groups in total. The lowest BCUT2D eigenvalue weighted by Crippen LogP contribution is -2.24. The molecule has 0 spiro atoms.